The summed E-state index contributed by atoms with van der Waals surface area (Å²) in [5, 5.41) is 16.5. The van der Waals surface area contributed by atoms with Gasteiger partial charge in [-0.05, 0) is 31.4 Å². The molecule has 3 aromatic heterocycles. The number of anilines is 2. The van der Waals surface area contributed by atoms with E-state index in [1.165, 1.54) is 29.2 Å². The van der Waals surface area contributed by atoms with Crippen molar-refractivity contribution in [2.45, 2.75) is 43.6 Å². The highest BCUT2D eigenvalue weighted by Crippen LogP contribution is 2.37. The molecule has 3 aromatic rings. The quantitative estimate of drug-likeness (QED) is 0.196. The van der Waals surface area contributed by atoms with Crippen LogP contribution in [0.25, 0.3) is 10.3 Å². The molecular formula is C18H24FN6O2PS2. The summed E-state index contributed by atoms with van der Waals surface area (Å²) in [6.45, 7) is 5.97. The van der Waals surface area contributed by atoms with Crippen LogP contribution in [0.4, 0.5) is 15.3 Å². The lowest BCUT2D eigenvalue weighted by molar-refractivity contribution is 0.259. The maximum absolute atomic E-state index is 14.1. The van der Waals surface area contributed by atoms with Gasteiger partial charge in [0, 0.05) is 6.20 Å². The zero-order chi connectivity index (χ0) is 21.7. The maximum Gasteiger partial charge on any atom is 0.192 e. The van der Waals surface area contributed by atoms with Crippen LogP contribution in [0.2, 0.25) is 0 Å². The van der Waals surface area contributed by atoms with Gasteiger partial charge in [-0.15, -0.1) is 0 Å². The van der Waals surface area contributed by atoms with Crippen molar-refractivity contribution in [1.29, 1.82) is 0 Å². The molecule has 0 aliphatic heterocycles. The second kappa shape index (κ2) is 10.6. The number of hydrogen-bond acceptors (Lipinski definition) is 10. The molecule has 3 heterocycles. The van der Waals surface area contributed by atoms with Crippen LogP contribution >= 0.6 is 32.1 Å². The fraction of sp³-hybridized carbons (Fsp3) is 0.444. The third-order valence-electron chi connectivity index (χ3n) is 4.17. The van der Waals surface area contributed by atoms with Gasteiger partial charge in [0.1, 0.15) is 19.5 Å². The summed E-state index contributed by atoms with van der Waals surface area (Å²) in [5.41, 5.74) is 0.798. The fourth-order valence-electron chi connectivity index (χ4n) is 2.91. The molecule has 3 atom stereocenters. The lowest BCUT2D eigenvalue weighted by atomic mass is 10.0. The number of aliphatic hydroxyl groups is 1. The van der Waals surface area contributed by atoms with E-state index in [1.54, 1.807) is 12.3 Å². The number of hydrogen-bond donors (Lipinski definition) is 4. The van der Waals surface area contributed by atoms with E-state index in [0.717, 1.165) is 11.1 Å². The first kappa shape index (κ1) is 23.0. The summed E-state index contributed by atoms with van der Waals surface area (Å²) in [7, 11) is -0.483. The van der Waals surface area contributed by atoms with Crippen LogP contribution in [-0.2, 0) is 0 Å². The molecule has 0 bridgehead atoms. The van der Waals surface area contributed by atoms with Crippen LogP contribution in [0.5, 0.6) is 0 Å². The second-order valence-electron chi connectivity index (χ2n) is 7.05. The normalized spacial score (nSPS) is 14.0. The molecular weight excluding hydrogens is 446 g/mol. The van der Waals surface area contributed by atoms with Crippen molar-refractivity contribution in [2.75, 3.05) is 17.0 Å². The molecule has 0 radical (unpaired) electrons. The minimum Gasteiger partial charge on any atom is -0.394 e. The molecule has 0 aromatic carbocycles. The number of aliphatic hydroxyl groups excluding tert-OH is 1. The molecule has 162 valence electrons. The van der Waals surface area contributed by atoms with E-state index in [4.69, 9.17) is 0 Å². The lowest BCUT2D eigenvalue weighted by Crippen LogP contribution is -2.26. The standard InChI is InChI=1S/C18H24FN6O2PS2/c1-9(2)7-11(8-26)21-15-14-16(24-18(30-14)25-28-27)23-17(22-15)29-10(3)13-12(19)5-4-6-20-13/h4-6,9-11,26-28H,7-8H2,1-3H3,(H2,21,22,23,24,25). The van der Waals surface area contributed by atoms with Gasteiger partial charge >= 0.3 is 0 Å². The minimum atomic E-state index is -0.483. The molecule has 0 spiro atoms. The van der Waals surface area contributed by atoms with Gasteiger partial charge in [0.15, 0.2) is 21.8 Å². The maximum atomic E-state index is 14.1. The van der Waals surface area contributed by atoms with Crippen LogP contribution < -0.4 is 10.4 Å². The van der Waals surface area contributed by atoms with Crippen molar-refractivity contribution in [1.82, 2.24) is 19.9 Å². The SMILES string of the molecule is CC(C)CC(CO)Nc1nc(SC(C)c2ncccc2F)nc2nc(NPO)sc12. The monoisotopic (exact) mass is 470 g/mol. The zero-order valence-corrected chi connectivity index (χ0v) is 19.4. The van der Waals surface area contributed by atoms with Gasteiger partial charge in [-0.3, -0.25) is 4.98 Å². The summed E-state index contributed by atoms with van der Waals surface area (Å²) >= 11 is 2.60. The Morgan fingerprint density at radius 3 is 2.73 bits per heavy atom. The molecule has 3 unspecified atom stereocenters. The zero-order valence-electron chi connectivity index (χ0n) is 16.8. The fourth-order valence-corrected chi connectivity index (χ4v) is 4.99. The first-order valence-corrected chi connectivity index (χ1v) is 12.0. The van der Waals surface area contributed by atoms with Crippen LogP contribution in [0, 0.1) is 11.7 Å². The van der Waals surface area contributed by atoms with Crippen LogP contribution in [0.1, 0.15) is 38.1 Å². The number of thioether (sulfide) groups is 1. The van der Waals surface area contributed by atoms with Gasteiger partial charge in [0.25, 0.3) is 0 Å². The summed E-state index contributed by atoms with van der Waals surface area (Å²) in [6.07, 6.45) is 2.32. The van der Waals surface area contributed by atoms with Gasteiger partial charge in [-0.2, -0.15) is 4.98 Å². The van der Waals surface area contributed by atoms with Gasteiger partial charge in [-0.25, -0.2) is 14.4 Å². The Morgan fingerprint density at radius 1 is 1.27 bits per heavy atom. The molecule has 0 saturated heterocycles. The Balaban J connectivity index is 1.95. The molecule has 30 heavy (non-hydrogen) atoms. The van der Waals surface area contributed by atoms with Gasteiger partial charge in [-0.1, -0.05) is 36.9 Å². The molecule has 0 saturated carbocycles. The smallest absolute Gasteiger partial charge is 0.192 e. The molecule has 0 aliphatic rings. The molecule has 3 rings (SSSR count). The summed E-state index contributed by atoms with van der Waals surface area (Å²) in [5.74, 6) is 0.572. The summed E-state index contributed by atoms with van der Waals surface area (Å²) in [6, 6.07) is 2.75. The number of rotatable bonds is 10. The number of halogens is 1. The van der Waals surface area contributed by atoms with E-state index >= 15 is 0 Å². The topological polar surface area (TPSA) is 116 Å². The Labute approximate surface area is 184 Å². The van der Waals surface area contributed by atoms with Crippen molar-refractivity contribution < 1.29 is 14.4 Å². The van der Waals surface area contributed by atoms with Crippen molar-refractivity contribution in [3.05, 3.63) is 29.8 Å². The van der Waals surface area contributed by atoms with E-state index in [0.29, 0.717) is 33.4 Å². The highest BCUT2D eigenvalue weighted by atomic mass is 32.2. The second-order valence-corrected chi connectivity index (χ2v) is 9.83. The average Bonchev–Trinajstić information content (AvgIpc) is 3.10. The van der Waals surface area contributed by atoms with Crippen LogP contribution in [-0.4, -0.2) is 42.6 Å². The third-order valence-corrected chi connectivity index (χ3v) is 6.63. The molecule has 0 aliphatic carbocycles. The summed E-state index contributed by atoms with van der Waals surface area (Å²) in [4.78, 5) is 26.9. The predicted octanol–water partition coefficient (Wildman–Crippen LogP) is 4.21. The minimum absolute atomic E-state index is 0.0381. The Hall–Kier alpha value is -1.65. The van der Waals surface area contributed by atoms with E-state index in [1.807, 2.05) is 6.92 Å². The van der Waals surface area contributed by atoms with E-state index in [-0.39, 0.29) is 23.7 Å². The first-order valence-electron chi connectivity index (χ1n) is 9.39. The Bertz CT molecular complexity index is 992. The third kappa shape index (κ3) is 5.73. The number of nitrogens with zero attached hydrogens (tertiary/aromatic N) is 4. The number of thiazole rings is 1. The Morgan fingerprint density at radius 2 is 2.07 bits per heavy atom. The predicted molar refractivity (Wildman–Crippen MR) is 122 cm³/mol. The van der Waals surface area contributed by atoms with Crippen molar-refractivity contribution in [3.8, 4) is 0 Å². The number of fused-ring (bicyclic) bond motifs is 1. The number of nitrogens with one attached hydrogen (secondary N) is 2. The lowest BCUT2D eigenvalue weighted by Gasteiger charge is -2.19. The summed E-state index contributed by atoms with van der Waals surface area (Å²) < 4.78 is 14.8. The Kier molecular flexibility index (Phi) is 8.13. The highest BCUT2D eigenvalue weighted by molar-refractivity contribution is 7.99. The van der Waals surface area contributed by atoms with Crippen LogP contribution in [0.15, 0.2) is 23.5 Å². The largest absolute Gasteiger partial charge is 0.394 e. The van der Waals surface area contributed by atoms with Crippen molar-refractivity contribution in [2.24, 2.45) is 5.92 Å². The van der Waals surface area contributed by atoms with Gasteiger partial charge in [0.05, 0.1) is 23.6 Å². The van der Waals surface area contributed by atoms with E-state index < -0.39 is 8.96 Å². The molecule has 12 heteroatoms. The van der Waals surface area contributed by atoms with Crippen molar-refractivity contribution in [3.63, 3.8) is 0 Å². The molecule has 8 nitrogen and oxygen atoms in total. The first-order chi connectivity index (χ1) is 14.4. The van der Waals surface area contributed by atoms with Gasteiger partial charge in [0.2, 0.25) is 0 Å². The molecule has 0 fully saturated rings. The average molecular weight is 471 g/mol. The van der Waals surface area contributed by atoms with Crippen LogP contribution in [0.3, 0.4) is 0 Å². The van der Waals surface area contributed by atoms with Gasteiger partial charge < -0.3 is 20.4 Å². The number of aromatic nitrogens is 4. The van der Waals surface area contributed by atoms with Crippen molar-refractivity contribution >= 4 is 53.4 Å². The molecule has 0 amide bonds. The molecule has 4 N–H and O–H groups in total. The van der Waals surface area contributed by atoms with E-state index in [2.05, 4.69) is 44.2 Å². The number of pyridine rings is 1. The highest BCUT2D eigenvalue weighted by Gasteiger charge is 2.20. The van der Waals surface area contributed by atoms with E-state index in [9.17, 15) is 14.4 Å².